The van der Waals surface area contributed by atoms with Gasteiger partial charge in [0, 0.05) is 5.92 Å². The van der Waals surface area contributed by atoms with Gasteiger partial charge in [-0.2, -0.15) is 0 Å². The van der Waals surface area contributed by atoms with Gasteiger partial charge in [0.15, 0.2) is 0 Å². The van der Waals surface area contributed by atoms with E-state index in [4.69, 9.17) is 0 Å². The molecule has 3 rings (SSSR count). The first-order valence-electron chi connectivity index (χ1n) is 11.6. The summed E-state index contributed by atoms with van der Waals surface area (Å²) in [6.45, 7) is 18.6. The second-order valence-electron chi connectivity index (χ2n) is 10.9. The Morgan fingerprint density at radius 3 is 1.93 bits per heavy atom. The van der Waals surface area contributed by atoms with Crippen LogP contribution in [0.3, 0.4) is 0 Å². The van der Waals surface area contributed by atoms with Gasteiger partial charge in [0.25, 0.3) is 0 Å². The Morgan fingerprint density at radius 1 is 0.793 bits per heavy atom. The molecule has 0 saturated heterocycles. The topological polar surface area (TPSA) is 0 Å². The van der Waals surface area contributed by atoms with E-state index in [0.29, 0.717) is 5.92 Å². The highest BCUT2D eigenvalue weighted by Gasteiger charge is 2.28. The van der Waals surface area contributed by atoms with Gasteiger partial charge in [-0.3, -0.25) is 0 Å². The van der Waals surface area contributed by atoms with E-state index in [2.05, 4.69) is 97.9 Å². The van der Waals surface area contributed by atoms with Crippen molar-refractivity contribution >= 4 is 6.08 Å². The number of allylic oxidation sites excluding steroid dienone is 1. The fourth-order valence-corrected chi connectivity index (χ4v) is 4.64. The monoisotopic (exact) mass is 388 g/mol. The van der Waals surface area contributed by atoms with Crippen LogP contribution >= 0.6 is 0 Å². The molecule has 0 bridgehead atoms. The maximum Gasteiger partial charge on any atom is 0.00634 e. The van der Waals surface area contributed by atoms with E-state index >= 15 is 0 Å². The third-order valence-corrected chi connectivity index (χ3v) is 6.37. The first-order chi connectivity index (χ1) is 13.6. The number of fused-ring (bicyclic) bond motifs is 1. The predicted molar refractivity (Wildman–Crippen MR) is 130 cm³/mol. The SMILES string of the molecule is CCCC1=Cc2cccc(-c3cc(C(C)(C)C)cc(C(C)(C)C)c3)c2C1CCC. The lowest BCUT2D eigenvalue weighted by Crippen LogP contribution is -2.16. The van der Waals surface area contributed by atoms with Crippen LogP contribution in [-0.4, -0.2) is 0 Å². The van der Waals surface area contributed by atoms with E-state index in [9.17, 15) is 0 Å². The van der Waals surface area contributed by atoms with Crippen LogP contribution in [0.1, 0.15) is 109 Å². The fourth-order valence-electron chi connectivity index (χ4n) is 4.64. The average molecular weight is 389 g/mol. The Balaban J connectivity index is 2.21. The highest BCUT2D eigenvalue weighted by molar-refractivity contribution is 5.79. The Labute approximate surface area is 179 Å². The van der Waals surface area contributed by atoms with E-state index in [1.165, 1.54) is 53.5 Å². The lowest BCUT2D eigenvalue weighted by atomic mass is 9.77. The Bertz CT molecular complexity index is 864. The van der Waals surface area contributed by atoms with E-state index in [1.54, 1.807) is 11.1 Å². The molecule has 0 amide bonds. The molecule has 0 saturated carbocycles. The molecule has 0 heteroatoms. The van der Waals surface area contributed by atoms with Gasteiger partial charge < -0.3 is 0 Å². The third-order valence-electron chi connectivity index (χ3n) is 6.37. The van der Waals surface area contributed by atoms with E-state index in [1.807, 2.05) is 0 Å². The van der Waals surface area contributed by atoms with Gasteiger partial charge in [-0.05, 0) is 57.1 Å². The van der Waals surface area contributed by atoms with Crippen LogP contribution in [-0.2, 0) is 10.8 Å². The van der Waals surface area contributed by atoms with Gasteiger partial charge in [0.1, 0.15) is 0 Å². The molecule has 0 fully saturated rings. The van der Waals surface area contributed by atoms with Crippen LogP contribution in [0, 0.1) is 0 Å². The zero-order valence-corrected chi connectivity index (χ0v) is 19.9. The predicted octanol–water partition coefficient (Wildman–Crippen LogP) is 9.03. The van der Waals surface area contributed by atoms with Crippen LogP contribution in [0.15, 0.2) is 42.0 Å². The van der Waals surface area contributed by atoms with Crippen molar-refractivity contribution in [1.82, 2.24) is 0 Å². The molecule has 0 N–H and O–H groups in total. The molecule has 1 aliphatic rings. The molecular weight excluding hydrogens is 348 g/mol. The van der Waals surface area contributed by atoms with Gasteiger partial charge >= 0.3 is 0 Å². The van der Waals surface area contributed by atoms with Crippen molar-refractivity contribution in [2.24, 2.45) is 0 Å². The number of benzene rings is 2. The molecule has 1 atom stereocenters. The quantitative estimate of drug-likeness (QED) is 0.479. The molecule has 1 aliphatic carbocycles. The summed E-state index contributed by atoms with van der Waals surface area (Å²) in [6.07, 6.45) is 7.41. The summed E-state index contributed by atoms with van der Waals surface area (Å²) in [5.74, 6) is 0.586. The van der Waals surface area contributed by atoms with Gasteiger partial charge in [-0.1, -0.05) is 116 Å². The normalized spacial score (nSPS) is 16.7. The van der Waals surface area contributed by atoms with Gasteiger partial charge in [-0.15, -0.1) is 0 Å². The molecule has 0 radical (unpaired) electrons. The smallest absolute Gasteiger partial charge is 0.00634 e. The summed E-state index contributed by atoms with van der Waals surface area (Å²) in [6, 6.07) is 14.3. The number of rotatable bonds is 5. The molecule has 0 aliphatic heterocycles. The highest BCUT2D eigenvalue weighted by Crippen LogP contribution is 2.46. The standard InChI is InChI=1S/C29H40/c1-9-12-20-16-21-14-11-15-26(27(21)25(20)13-10-2)22-17-23(28(3,4)5)19-24(18-22)29(6,7)8/h11,14-19,25H,9-10,12-13H2,1-8H3. The molecule has 0 aromatic heterocycles. The van der Waals surface area contributed by atoms with Crippen molar-refractivity contribution in [3.63, 3.8) is 0 Å². The second kappa shape index (κ2) is 8.13. The van der Waals surface area contributed by atoms with Gasteiger partial charge in [0.05, 0.1) is 0 Å². The molecule has 29 heavy (non-hydrogen) atoms. The second-order valence-corrected chi connectivity index (χ2v) is 10.9. The third kappa shape index (κ3) is 4.52. The largest absolute Gasteiger partial charge is 0.0653 e. The lowest BCUT2D eigenvalue weighted by Gasteiger charge is -2.27. The first kappa shape index (κ1) is 21.9. The summed E-state index contributed by atoms with van der Waals surface area (Å²) in [7, 11) is 0. The zero-order valence-electron chi connectivity index (χ0n) is 19.9. The maximum atomic E-state index is 2.49. The average Bonchev–Trinajstić information content (AvgIpc) is 2.98. The maximum absolute atomic E-state index is 2.49. The summed E-state index contributed by atoms with van der Waals surface area (Å²) in [5, 5.41) is 0. The molecule has 0 spiro atoms. The summed E-state index contributed by atoms with van der Waals surface area (Å²) in [4.78, 5) is 0. The van der Waals surface area contributed by atoms with Crippen LogP contribution in [0.5, 0.6) is 0 Å². The zero-order chi connectivity index (χ0) is 21.4. The fraction of sp³-hybridized carbons (Fsp3) is 0.517. The minimum Gasteiger partial charge on any atom is -0.0653 e. The van der Waals surface area contributed by atoms with E-state index < -0.39 is 0 Å². The molecule has 2 aromatic carbocycles. The first-order valence-corrected chi connectivity index (χ1v) is 11.6. The summed E-state index contributed by atoms with van der Waals surface area (Å²) >= 11 is 0. The van der Waals surface area contributed by atoms with Gasteiger partial charge in [0.2, 0.25) is 0 Å². The van der Waals surface area contributed by atoms with Crippen LogP contribution in [0.25, 0.3) is 17.2 Å². The molecular formula is C29H40. The number of hydrogen-bond donors (Lipinski definition) is 0. The Morgan fingerprint density at radius 2 is 1.41 bits per heavy atom. The van der Waals surface area contributed by atoms with Crippen LogP contribution in [0.4, 0.5) is 0 Å². The molecule has 2 aromatic rings. The Hall–Kier alpha value is -1.82. The van der Waals surface area contributed by atoms with Crippen molar-refractivity contribution in [2.75, 3.05) is 0 Å². The van der Waals surface area contributed by atoms with Crippen LogP contribution in [0.2, 0.25) is 0 Å². The lowest BCUT2D eigenvalue weighted by molar-refractivity contribution is 0.569. The molecule has 1 unspecified atom stereocenters. The van der Waals surface area contributed by atoms with E-state index in [-0.39, 0.29) is 10.8 Å². The van der Waals surface area contributed by atoms with E-state index in [0.717, 1.165) is 0 Å². The van der Waals surface area contributed by atoms with Crippen molar-refractivity contribution in [3.05, 3.63) is 64.2 Å². The van der Waals surface area contributed by atoms with Crippen LogP contribution < -0.4 is 0 Å². The number of hydrogen-bond acceptors (Lipinski definition) is 0. The van der Waals surface area contributed by atoms with Crippen molar-refractivity contribution < 1.29 is 0 Å². The summed E-state index contributed by atoms with van der Waals surface area (Å²) in [5.41, 5.74) is 10.6. The molecule has 0 heterocycles. The molecule has 0 nitrogen and oxygen atoms in total. The summed E-state index contributed by atoms with van der Waals surface area (Å²) < 4.78 is 0. The minimum absolute atomic E-state index is 0.141. The molecule has 156 valence electrons. The van der Waals surface area contributed by atoms with Crippen molar-refractivity contribution in [3.8, 4) is 11.1 Å². The highest BCUT2D eigenvalue weighted by atomic mass is 14.3. The van der Waals surface area contributed by atoms with Crippen molar-refractivity contribution in [1.29, 1.82) is 0 Å². The van der Waals surface area contributed by atoms with Gasteiger partial charge in [-0.25, -0.2) is 0 Å². The van der Waals surface area contributed by atoms with Crippen molar-refractivity contribution in [2.45, 2.75) is 97.8 Å². The minimum atomic E-state index is 0.141. The Kier molecular flexibility index (Phi) is 6.13.